The van der Waals surface area contributed by atoms with Crippen LogP contribution < -0.4 is 16.0 Å². The van der Waals surface area contributed by atoms with E-state index in [9.17, 15) is 4.79 Å². The zero-order valence-electron chi connectivity index (χ0n) is 13.2. The van der Waals surface area contributed by atoms with Crippen molar-refractivity contribution >= 4 is 17.3 Å². The molecule has 2 aromatic rings. The number of hydrogen-bond acceptors (Lipinski definition) is 6. The second-order valence-electron chi connectivity index (χ2n) is 6.44. The molecule has 2 heterocycles. The topological polar surface area (TPSA) is 97.3 Å². The van der Waals surface area contributed by atoms with Crippen molar-refractivity contribution in [2.75, 3.05) is 17.3 Å². The van der Waals surface area contributed by atoms with Crippen molar-refractivity contribution < 1.29 is 9.32 Å². The third-order valence-corrected chi connectivity index (χ3v) is 4.96. The van der Waals surface area contributed by atoms with Gasteiger partial charge in [0.15, 0.2) is 5.82 Å². The zero-order valence-corrected chi connectivity index (χ0v) is 13.2. The average molecular weight is 313 g/mol. The Morgan fingerprint density at radius 3 is 2.91 bits per heavy atom. The van der Waals surface area contributed by atoms with Gasteiger partial charge in [0.2, 0.25) is 5.91 Å². The van der Waals surface area contributed by atoms with Crippen molar-refractivity contribution in [3.05, 3.63) is 24.0 Å². The number of carbonyl (C=O) groups excluding carboxylic acids is 1. The Labute approximate surface area is 133 Å². The van der Waals surface area contributed by atoms with Gasteiger partial charge in [-0.3, -0.25) is 4.79 Å². The highest BCUT2D eigenvalue weighted by atomic mass is 16.5. The first-order chi connectivity index (χ1) is 11.0. The number of hydrogen-bond donors (Lipinski definition) is 2. The Hall–Kier alpha value is -2.41. The Balaban J connectivity index is 1.69. The molecule has 7 heteroatoms. The minimum Gasteiger partial charge on any atom is -0.361 e. The first-order valence-electron chi connectivity index (χ1n) is 7.79. The molecule has 1 aromatic carbocycles. The molecule has 1 aromatic heterocycles. The molecule has 1 amide bonds. The van der Waals surface area contributed by atoms with Crippen LogP contribution in [0.2, 0.25) is 0 Å². The van der Waals surface area contributed by atoms with E-state index in [0.29, 0.717) is 11.7 Å². The molecule has 0 saturated heterocycles. The van der Waals surface area contributed by atoms with Gasteiger partial charge in [-0.05, 0) is 44.4 Å². The van der Waals surface area contributed by atoms with Crippen LogP contribution in [0, 0.1) is 0 Å². The number of carbonyl (C=O) groups is 1. The summed E-state index contributed by atoms with van der Waals surface area (Å²) in [4.78, 5) is 18.4. The molecule has 0 radical (unpaired) electrons. The fraction of sp³-hybridized carbons (Fsp3) is 0.438. The van der Waals surface area contributed by atoms with E-state index in [4.69, 9.17) is 10.3 Å². The molecule has 23 heavy (non-hydrogen) atoms. The molecule has 2 aliphatic rings. The van der Waals surface area contributed by atoms with Gasteiger partial charge in [-0.1, -0.05) is 5.16 Å². The summed E-state index contributed by atoms with van der Waals surface area (Å²) in [6.45, 7) is 1.87. The van der Waals surface area contributed by atoms with E-state index in [1.807, 2.05) is 37.1 Å². The summed E-state index contributed by atoms with van der Waals surface area (Å²) < 4.78 is 5.37. The first-order valence-corrected chi connectivity index (χ1v) is 7.79. The molecule has 1 saturated carbocycles. The fourth-order valence-electron chi connectivity index (χ4n) is 3.02. The Morgan fingerprint density at radius 2 is 2.22 bits per heavy atom. The van der Waals surface area contributed by atoms with Gasteiger partial charge >= 0.3 is 0 Å². The van der Waals surface area contributed by atoms with E-state index in [0.717, 1.165) is 36.2 Å². The molecule has 1 atom stereocenters. The van der Waals surface area contributed by atoms with Crippen LogP contribution in [0.3, 0.4) is 0 Å². The number of fused-ring (bicyclic) bond motifs is 1. The summed E-state index contributed by atoms with van der Waals surface area (Å²) in [7, 11) is 1.90. The predicted molar refractivity (Wildman–Crippen MR) is 85.9 cm³/mol. The lowest BCUT2D eigenvalue weighted by Crippen LogP contribution is -2.44. The van der Waals surface area contributed by atoms with Gasteiger partial charge in [0.1, 0.15) is 6.04 Å². The maximum absolute atomic E-state index is 12.0. The van der Waals surface area contributed by atoms with Crippen LogP contribution in [0.15, 0.2) is 22.7 Å². The Bertz CT molecular complexity index is 781. The molecule has 3 N–H and O–H groups in total. The second-order valence-corrected chi connectivity index (χ2v) is 6.44. The Morgan fingerprint density at radius 1 is 1.43 bits per heavy atom. The highest BCUT2D eigenvalue weighted by Gasteiger charge is 2.39. The third-order valence-electron chi connectivity index (χ3n) is 4.96. The van der Waals surface area contributed by atoms with Gasteiger partial charge in [0.05, 0.1) is 16.9 Å². The number of rotatable bonds is 2. The number of nitrogens with two attached hydrogens (primary N) is 1. The molecule has 4 rings (SSSR count). The van der Waals surface area contributed by atoms with Crippen LogP contribution in [0.1, 0.15) is 32.0 Å². The first kappa shape index (κ1) is 14.2. The minimum atomic E-state index is -0.445. The summed E-state index contributed by atoms with van der Waals surface area (Å²) in [5.41, 5.74) is 8.27. The smallest absolute Gasteiger partial charge is 0.258 e. The molecule has 1 fully saturated rings. The molecule has 120 valence electrons. The number of aromatic nitrogens is 2. The Kier molecular flexibility index (Phi) is 2.96. The highest BCUT2D eigenvalue weighted by molar-refractivity contribution is 6.03. The van der Waals surface area contributed by atoms with Gasteiger partial charge in [-0.2, -0.15) is 4.98 Å². The van der Waals surface area contributed by atoms with Gasteiger partial charge in [0, 0.05) is 12.6 Å². The monoisotopic (exact) mass is 313 g/mol. The van der Waals surface area contributed by atoms with E-state index in [1.54, 1.807) is 0 Å². The molecule has 0 bridgehead atoms. The predicted octanol–water partition coefficient (Wildman–Crippen LogP) is 1.85. The van der Waals surface area contributed by atoms with Crippen molar-refractivity contribution in [2.24, 2.45) is 5.73 Å². The van der Waals surface area contributed by atoms with Crippen LogP contribution in [-0.4, -0.2) is 29.1 Å². The molecular weight excluding hydrogens is 294 g/mol. The van der Waals surface area contributed by atoms with Crippen LogP contribution >= 0.6 is 0 Å². The third kappa shape index (κ3) is 2.11. The van der Waals surface area contributed by atoms with E-state index in [2.05, 4.69) is 15.5 Å². The number of amides is 1. The molecule has 0 spiro atoms. The molecule has 1 aliphatic carbocycles. The van der Waals surface area contributed by atoms with Crippen LogP contribution in [-0.2, 0) is 10.3 Å². The van der Waals surface area contributed by atoms with E-state index < -0.39 is 5.54 Å². The quantitative estimate of drug-likeness (QED) is 0.878. The summed E-state index contributed by atoms with van der Waals surface area (Å²) in [5.74, 6) is 0.958. The highest BCUT2D eigenvalue weighted by Crippen LogP contribution is 2.39. The van der Waals surface area contributed by atoms with Crippen molar-refractivity contribution in [3.8, 4) is 11.5 Å². The summed E-state index contributed by atoms with van der Waals surface area (Å²) in [6, 6.07) is 5.53. The molecule has 7 nitrogen and oxygen atoms in total. The number of anilines is 2. The molecule has 1 unspecified atom stereocenters. The summed E-state index contributed by atoms with van der Waals surface area (Å²) in [6.07, 6.45) is 2.86. The van der Waals surface area contributed by atoms with Gasteiger partial charge < -0.3 is 20.5 Å². The second kappa shape index (κ2) is 4.79. The van der Waals surface area contributed by atoms with E-state index >= 15 is 0 Å². The number of nitrogens with one attached hydrogen (secondary N) is 1. The van der Waals surface area contributed by atoms with Gasteiger partial charge in [0.25, 0.3) is 5.89 Å². The maximum atomic E-state index is 12.0. The molecular formula is C16H19N5O2. The fourth-order valence-corrected chi connectivity index (χ4v) is 3.02. The van der Waals surface area contributed by atoms with Crippen molar-refractivity contribution in [1.82, 2.24) is 10.1 Å². The summed E-state index contributed by atoms with van der Waals surface area (Å²) in [5, 5.41) is 6.95. The van der Waals surface area contributed by atoms with E-state index in [1.165, 1.54) is 0 Å². The van der Waals surface area contributed by atoms with Crippen molar-refractivity contribution in [1.29, 1.82) is 0 Å². The number of nitrogens with zero attached hydrogens (tertiary/aromatic N) is 3. The van der Waals surface area contributed by atoms with Crippen molar-refractivity contribution in [2.45, 2.75) is 37.8 Å². The van der Waals surface area contributed by atoms with Gasteiger partial charge in [-0.15, -0.1) is 0 Å². The van der Waals surface area contributed by atoms with E-state index in [-0.39, 0.29) is 11.9 Å². The lowest BCUT2D eigenvalue weighted by Gasteiger charge is -2.34. The van der Waals surface area contributed by atoms with Crippen LogP contribution in [0.5, 0.6) is 0 Å². The number of benzene rings is 1. The summed E-state index contributed by atoms with van der Waals surface area (Å²) >= 11 is 0. The molecule has 1 aliphatic heterocycles. The minimum absolute atomic E-state index is 0.0289. The lowest BCUT2D eigenvalue weighted by molar-refractivity contribution is -0.117. The average Bonchev–Trinajstić information content (AvgIpc) is 3.00. The normalized spacial score (nSPS) is 22.3. The van der Waals surface area contributed by atoms with Gasteiger partial charge in [-0.25, -0.2) is 0 Å². The SMILES string of the molecule is CC1C(=O)Nc2cc(-c3nc(C4(N)CCC4)no3)ccc2N1C. The maximum Gasteiger partial charge on any atom is 0.258 e. The van der Waals surface area contributed by atoms with Crippen LogP contribution in [0.25, 0.3) is 11.5 Å². The van der Waals surface area contributed by atoms with Crippen LogP contribution in [0.4, 0.5) is 11.4 Å². The number of likely N-dealkylation sites (N-methyl/N-ethyl adjacent to an activating group) is 1. The lowest BCUT2D eigenvalue weighted by atomic mass is 9.77. The van der Waals surface area contributed by atoms with Crippen molar-refractivity contribution in [3.63, 3.8) is 0 Å². The zero-order chi connectivity index (χ0) is 16.2. The largest absolute Gasteiger partial charge is 0.361 e. The standard InChI is InChI=1S/C16H19N5O2/c1-9-13(22)18-11-8-10(4-5-12(11)21(9)2)14-19-15(20-23-14)16(17)6-3-7-16/h4-5,8-9H,3,6-7,17H2,1-2H3,(H,18,22).